The normalized spacial score (nSPS) is 11.8. The van der Waals surface area contributed by atoms with Gasteiger partial charge in [0.05, 0.1) is 31.6 Å². The highest BCUT2D eigenvalue weighted by Gasteiger charge is 2.12. The Morgan fingerprint density at radius 1 is 1.38 bits per heavy atom. The fourth-order valence-corrected chi connectivity index (χ4v) is 2.04. The summed E-state index contributed by atoms with van der Waals surface area (Å²) in [4.78, 5) is 12.0. The molecule has 2 N–H and O–H groups in total. The van der Waals surface area contributed by atoms with Crippen LogP contribution in [0.15, 0.2) is 41.0 Å². The molecule has 5 nitrogen and oxygen atoms in total. The first-order chi connectivity index (χ1) is 10.1. The minimum atomic E-state index is -0.159. The molecule has 2 aromatic rings. The summed E-state index contributed by atoms with van der Waals surface area (Å²) in [6, 6.07) is 9.26. The van der Waals surface area contributed by atoms with E-state index in [9.17, 15) is 4.79 Å². The molecule has 0 aliphatic rings. The lowest BCUT2D eigenvalue weighted by Crippen LogP contribution is -2.31. The fourth-order valence-electron chi connectivity index (χ4n) is 2.04. The second-order valence-corrected chi connectivity index (χ2v) is 4.86. The van der Waals surface area contributed by atoms with Gasteiger partial charge in [0, 0.05) is 0 Å². The van der Waals surface area contributed by atoms with Gasteiger partial charge in [-0.2, -0.15) is 0 Å². The number of hydrogen-bond donors (Lipinski definition) is 2. The molecule has 0 spiro atoms. The van der Waals surface area contributed by atoms with Crippen LogP contribution in [0.4, 0.5) is 5.69 Å². The number of aryl methyl sites for hydroxylation is 1. The lowest BCUT2D eigenvalue weighted by molar-refractivity contribution is -0.120. The maximum absolute atomic E-state index is 12.0. The van der Waals surface area contributed by atoms with Crippen LogP contribution >= 0.6 is 0 Å². The molecule has 0 saturated carbocycles. The number of nitrogens with one attached hydrogen (secondary N) is 2. The van der Waals surface area contributed by atoms with Crippen molar-refractivity contribution in [3.05, 3.63) is 47.9 Å². The summed E-state index contributed by atoms with van der Waals surface area (Å²) in [5, 5.41) is 5.96. The Kier molecular flexibility index (Phi) is 4.87. The smallest absolute Gasteiger partial charge is 0.239 e. The fraction of sp³-hybridized carbons (Fsp3) is 0.312. The van der Waals surface area contributed by atoms with E-state index in [2.05, 4.69) is 10.6 Å². The Bertz CT molecular complexity index is 594. The predicted octanol–water partition coefficient (Wildman–Crippen LogP) is 2.89. The maximum Gasteiger partial charge on any atom is 0.239 e. The predicted molar refractivity (Wildman–Crippen MR) is 81.5 cm³/mol. The topological polar surface area (TPSA) is 63.5 Å². The van der Waals surface area contributed by atoms with Crippen LogP contribution in [0.5, 0.6) is 5.75 Å². The van der Waals surface area contributed by atoms with Crippen molar-refractivity contribution in [3.8, 4) is 5.75 Å². The molecule has 0 radical (unpaired) electrons. The van der Waals surface area contributed by atoms with Gasteiger partial charge in [-0.05, 0) is 43.7 Å². The molecule has 0 aliphatic heterocycles. The zero-order valence-corrected chi connectivity index (χ0v) is 12.5. The average molecular weight is 288 g/mol. The zero-order chi connectivity index (χ0) is 15.2. The van der Waals surface area contributed by atoms with Crippen LogP contribution in [0.1, 0.15) is 24.3 Å². The standard InChI is InChI=1S/C16H20N2O3/c1-11-6-7-15(20-3)13(9-11)17-10-16(19)18-12(2)14-5-4-8-21-14/h4-9,12,17H,10H2,1-3H3,(H,18,19). The van der Waals surface area contributed by atoms with Crippen LogP contribution < -0.4 is 15.4 Å². The summed E-state index contributed by atoms with van der Waals surface area (Å²) < 4.78 is 10.5. The lowest BCUT2D eigenvalue weighted by atomic mass is 10.2. The number of benzene rings is 1. The minimum Gasteiger partial charge on any atom is -0.495 e. The highest BCUT2D eigenvalue weighted by molar-refractivity contribution is 5.81. The van der Waals surface area contributed by atoms with E-state index in [-0.39, 0.29) is 18.5 Å². The number of ether oxygens (including phenoxy) is 1. The number of methoxy groups -OCH3 is 1. The molecule has 0 fully saturated rings. The van der Waals surface area contributed by atoms with E-state index in [1.165, 1.54) is 0 Å². The molecule has 112 valence electrons. The third-order valence-electron chi connectivity index (χ3n) is 3.14. The van der Waals surface area contributed by atoms with Crippen molar-refractivity contribution in [2.45, 2.75) is 19.9 Å². The molecule has 1 unspecified atom stereocenters. The van der Waals surface area contributed by atoms with Gasteiger partial charge in [-0.25, -0.2) is 0 Å². The Morgan fingerprint density at radius 3 is 2.86 bits per heavy atom. The first-order valence-corrected chi connectivity index (χ1v) is 6.81. The van der Waals surface area contributed by atoms with Gasteiger partial charge in [-0.15, -0.1) is 0 Å². The second-order valence-electron chi connectivity index (χ2n) is 4.86. The quantitative estimate of drug-likeness (QED) is 0.858. The van der Waals surface area contributed by atoms with Gasteiger partial charge in [-0.3, -0.25) is 4.79 Å². The van der Waals surface area contributed by atoms with Gasteiger partial charge >= 0.3 is 0 Å². The molecule has 1 aromatic heterocycles. The number of amides is 1. The Labute approximate surface area is 124 Å². The summed E-state index contributed by atoms with van der Waals surface area (Å²) in [5.74, 6) is 1.34. The number of carbonyl (C=O) groups is 1. The van der Waals surface area contributed by atoms with Crippen LogP contribution in [0.3, 0.4) is 0 Å². The minimum absolute atomic E-state index is 0.109. The van der Waals surface area contributed by atoms with Crippen LogP contribution in [-0.4, -0.2) is 19.6 Å². The van der Waals surface area contributed by atoms with Crippen LogP contribution in [0.2, 0.25) is 0 Å². The molecule has 21 heavy (non-hydrogen) atoms. The van der Waals surface area contributed by atoms with E-state index < -0.39 is 0 Å². The van der Waals surface area contributed by atoms with Crippen molar-refractivity contribution in [1.29, 1.82) is 0 Å². The SMILES string of the molecule is COc1ccc(C)cc1NCC(=O)NC(C)c1ccco1. The van der Waals surface area contributed by atoms with Gasteiger partial charge in [0.1, 0.15) is 11.5 Å². The molecule has 1 aromatic carbocycles. The maximum atomic E-state index is 12.0. The third kappa shape index (κ3) is 4.02. The first-order valence-electron chi connectivity index (χ1n) is 6.81. The Morgan fingerprint density at radius 2 is 2.19 bits per heavy atom. The molecule has 1 amide bonds. The monoisotopic (exact) mass is 288 g/mol. The molecule has 5 heteroatoms. The molecule has 1 heterocycles. The third-order valence-corrected chi connectivity index (χ3v) is 3.14. The summed E-state index contributed by atoms with van der Waals surface area (Å²) in [5.41, 5.74) is 1.90. The largest absolute Gasteiger partial charge is 0.495 e. The average Bonchev–Trinajstić information content (AvgIpc) is 2.99. The zero-order valence-electron chi connectivity index (χ0n) is 12.5. The molecule has 0 saturated heterocycles. The number of hydrogen-bond acceptors (Lipinski definition) is 4. The molecule has 2 rings (SSSR count). The Balaban J connectivity index is 1.91. The van der Waals surface area contributed by atoms with Gasteiger partial charge in [0.2, 0.25) is 5.91 Å². The summed E-state index contributed by atoms with van der Waals surface area (Å²) in [6.07, 6.45) is 1.59. The van der Waals surface area contributed by atoms with Crippen LogP contribution in [-0.2, 0) is 4.79 Å². The van der Waals surface area contributed by atoms with Crippen molar-refractivity contribution in [2.24, 2.45) is 0 Å². The van der Waals surface area contributed by atoms with Crippen molar-refractivity contribution in [1.82, 2.24) is 5.32 Å². The van der Waals surface area contributed by atoms with Gasteiger partial charge < -0.3 is 19.8 Å². The molecular formula is C16H20N2O3. The lowest BCUT2D eigenvalue weighted by Gasteiger charge is -2.14. The number of anilines is 1. The van der Waals surface area contributed by atoms with E-state index in [0.717, 1.165) is 17.0 Å². The van der Waals surface area contributed by atoms with E-state index >= 15 is 0 Å². The molecular weight excluding hydrogens is 268 g/mol. The van der Waals surface area contributed by atoms with Crippen LogP contribution in [0.25, 0.3) is 0 Å². The van der Waals surface area contributed by atoms with Gasteiger partial charge in [-0.1, -0.05) is 6.07 Å². The van der Waals surface area contributed by atoms with Crippen molar-refractivity contribution in [3.63, 3.8) is 0 Å². The summed E-state index contributed by atoms with van der Waals surface area (Å²) >= 11 is 0. The van der Waals surface area contributed by atoms with Gasteiger partial charge in [0.15, 0.2) is 0 Å². The number of furan rings is 1. The Hall–Kier alpha value is -2.43. The number of rotatable bonds is 6. The van der Waals surface area contributed by atoms with E-state index in [0.29, 0.717) is 5.75 Å². The first kappa shape index (κ1) is 15.0. The highest BCUT2D eigenvalue weighted by atomic mass is 16.5. The van der Waals surface area contributed by atoms with Crippen molar-refractivity contribution >= 4 is 11.6 Å². The van der Waals surface area contributed by atoms with Crippen molar-refractivity contribution < 1.29 is 13.9 Å². The van der Waals surface area contributed by atoms with E-state index in [1.807, 2.05) is 38.1 Å². The summed E-state index contributed by atoms with van der Waals surface area (Å²) in [7, 11) is 1.61. The molecule has 0 aliphatic carbocycles. The van der Waals surface area contributed by atoms with E-state index in [4.69, 9.17) is 9.15 Å². The second kappa shape index (κ2) is 6.83. The van der Waals surface area contributed by atoms with Crippen molar-refractivity contribution in [2.75, 3.05) is 19.0 Å². The molecule has 0 bridgehead atoms. The van der Waals surface area contributed by atoms with E-state index in [1.54, 1.807) is 19.4 Å². The molecule has 1 atom stereocenters. The highest BCUT2D eigenvalue weighted by Crippen LogP contribution is 2.24. The van der Waals surface area contributed by atoms with Crippen LogP contribution in [0, 0.1) is 6.92 Å². The van der Waals surface area contributed by atoms with Gasteiger partial charge in [0.25, 0.3) is 0 Å². The number of carbonyl (C=O) groups excluding carboxylic acids is 1. The summed E-state index contributed by atoms with van der Waals surface area (Å²) in [6.45, 7) is 4.04.